The number of benzene rings is 3. The molecular formula is C36H42Cl2N4O2. The Kier molecular flexibility index (Phi) is 9.36. The minimum atomic E-state index is -0.00697. The van der Waals surface area contributed by atoms with Gasteiger partial charge in [-0.1, -0.05) is 59.6 Å². The van der Waals surface area contributed by atoms with Crippen molar-refractivity contribution in [2.24, 2.45) is 0 Å². The van der Waals surface area contributed by atoms with Crippen LogP contribution in [0.3, 0.4) is 0 Å². The number of hydrogen-bond donors (Lipinski definition) is 2. The van der Waals surface area contributed by atoms with Gasteiger partial charge >= 0.3 is 0 Å². The number of hydrogen-bond acceptors (Lipinski definition) is 5. The Morgan fingerprint density at radius 1 is 0.977 bits per heavy atom. The number of carbonyl (C=O) groups is 1. The smallest absolute Gasteiger partial charge is 0.252 e. The Morgan fingerprint density at radius 2 is 1.70 bits per heavy atom. The van der Waals surface area contributed by atoms with Gasteiger partial charge in [-0.25, -0.2) is 0 Å². The minimum absolute atomic E-state index is 0.00697. The maximum Gasteiger partial charge on any atom is 0.252 e. The summed E-state index contributed by atoms with van der Waals surface area (Å²) in [5.41, 5.74) is 8.66. The monoisotopic (exact) mass is 632 g/mol. The summed E-state index contributed by atoms with van der Waals surface area (Å²) in [7, 11) is 3.78. The highest BCUT2D eigenvalue weighted by Gasteiger charge is 2.41. The molecule has 1 saturated carbocycles. The average molecular weight is 634 g/mol. The molecule has 44 heavy (non-hydrogen) atoms. The van der Waals surface area contributed by atoms with Crippen LogP contribution in [-0.2, 0) is 24.4 Å². The number of carbonyl (C=O) groups excluding carboxylic acids is 1. The molecule has 2 bridgehead atoms. The van der Waals surface area contributed by atoms with Crippen LogP contribution in [0.5, 0.6) is 5.75 Å². The first-order chi connectivity index (χ1) is 21.2. The second-order valence-electron chi connectivity index (χ2n) is 12.7. The summed E-state index contributed by atoms with van der Waals surface area (Å²) in [6, 6.07) is 19.4. The van der Waals surface area contributed by atoms with Crippen molar-refractivity contribution in [3.63, 3.8) is 0 Å². The molecule has 232 valence electrons. The molecule has 3 aromatic carbocycles. The number of fused-ring (bicyclic) bond motifs is 2. The summed E-state index contributed by atoms with van der Waals surface area (Å²) in [4.78, 5) is 18.9. The van der Waals surface area contributed by atoms with Gasteiger partial charge in [-0.3, -0.25) is 9.69 Å². The Bertz CT molecular complexity index is 1540. The third kappa shape index (κ3) is 6.70. The van der Waals surface area contributed by atoms with Crippen molar-refractivity contribution in [3.05, 3.63) is 104 Å². The molecule has 3 aliphatic rings. The van der Waals surface area contributed by atoms with Gasteiger partial charge in [0, 0.05) is 66.0 Å². The molecular weight excluding hydrogens is 591 g/mol. The van der Waals surface area contributed by atoms with Gasteiger partial charge in [0.15, 0.2) is 0 Å². The molecule has 2 N–H and O–H groups in total. The van der Waals surface area contributed by atoms with Crippen molar-refractivity contribution in [1.82, 2.24) is 20.4 Å². The van der Waals surface area contributed by atoms with Gasteiger partial charge in [-0.05, 0) is 91.7 Å². The number of nitrogens with one attached hydrogen (secondary N) is 2. The first-order valence-corrected chi connectivity index (χ1v) is 16.3. The lowest BCUT2D eigenvalue weighted by Crippen LogP contribution is -2.60. The predicted octanol–water partition coefficient (Wildman–Crippen LogP) is 6.53. The van der Waals surface area contributed by atoms with Crippen LogP contribution < -0.4 is 15.4 Å². The zero-order valence-electron chi connectivity index (χ0n) is 26.1. The van der Waals surface area contributed by atoms with Gasteiger partial charge < -0.3 is 20.3 Å². The van der Waals surface area contributed by atoms with E-state index in [0.717, 1.165) is 78.0 Å². The third-order valence-corrected chi connectivity index (χ3v) is 9.88. The van der Waals surface area contributed by atoms with Crippen molar-refractivity contribution < 1.29 is 9.53 Å². The van der Waals surface area contributed by atoms with E-state index in [-0.39, 0.29) is 18.0 Å². The molecule has 6 rings (SSSR count). The first kappa shape index (κ1) is 31.1. The van der Waals surface area contributed by atoms with Crippen molar-refractivity contribution in [3.8, 4) is 5.75 Å². The summed E-state index contributed by atoms with van der Waals surface area (Å²) in [6.45, 7) is 7.75. The van der Waals surface area contributed by atoms with Gasteiger partial charge in [0.05, 0.1) is 13.2 Å². The molecule has 8 heteroatoms. The Labute approximate surface area is 271 Å². The molecule has 2 atom stereocenters. The minimum Gasteiger partial charge on any atom is -0.496 e. The molecule has 0 radical (unpaired) electrons. The van der Waals surface area contributed by atoms with E-state index in [1.807, 2.05) is 31.2 Å². The highest BCUT2D eigenvalue weighted by molar-refractivity contribution is 6.36. The van der Waals surface area contributed by atoms with Crippen molar-refractivity contribution in [1.29, 1.82) is 0 Å². The molecule has 2 aliphatic heterocycles. The van der Waals surface area contributed by atoms with Crippen LogP contribution >= 0.6 is 23.2 Å². The number of aryl methyl sites for hydroxylation is 1. The zero-order chi connectivity index (χ0) is 31.0. The number of rotatable bonds is 10. The molecule has 1 saturated heterocycles. The van der Waals surface area contributed by atoms with Crippen LogP contribution in [0.2, 0.25) is 10.0 Å². The molecule has 0 aromatic heterocycles. The molecule has 1 aliphatic carbocycles. The molecule has 0 spiro atoms. The number of amides is 1. The van der Waals surface area contributed by atoms with Gasteiger partial charge in [-0.15, -0.1) is 0 Å². The maximum absolute atomic E-state index is 14.5. The lowest BCUT2D eigenvalue weighted by atomic mass is 9.83. The molecule has 0 unspecified atom stereocenters. The van der Waals surface area contributed by atoms with E-state index in [0.29, 0.717) is 29.2 Å². The second kappa shape index (κ2) is 13.2. The van der Waals surface area contributed by atoms with E-state index in [9.17, 15) is 4.79 Å². The number of halogens is 2. The van der Waals surface area contributed by atoms with Crippen molar-refractivity contribution >= 4 is 34.7 Å². The van der Waals surface area contributed by atoms with Crippen LogP contribution in [-0.4, -0.2) is 61.1 Å². The highest BCUT2D eigenvalue weighted by Crippen LogP contribution is 2.37. The Hall–Kier alpha value is -2.87. The quantitative estimate of drug-likeness (QED) is 0.266. The molecule has 2 fully saturated rings. The topological polar surface area (TPSA) is 56.8 Å². The zero-order valence-corrected chi connectivity index (χ0v) is 27.6. The fraction of sp³-hybridized carbons (Fsp3) is 0.417. The van der Waals surface area contributed by atoms with Crippen molar-refractivity contribution in [2.45, 2.75) is 70.9 Å². The van der Waals surface area contributed by atoms with E-state index < -0.39 is 0 Å². The standard InChI is InChI=1S/C36H42Cl2N4O2/c1-22-14-31(37)30(32(38)15-22)21-41(3)19-24-8-10-25(11-9-24)29-16-27-17-39-18-33(40-27)35(29)36(43)42(28-12-13-28)20-26-6-5-7-34(44-4)23(26)2/h5-11,14-15,27-28,33,39-40H,12-13,16-21H2,1-4H3/t27-,33+/m0/s1. The van der Waals surface area contributed by atoms with Gasteiger partial charge in [-0.2, -0.15) is 0 Å². The lowest BCUT2D eigenvalue weighted by molar-refractivity contribution is -0.128. The predicted molar refractivity (Wildman–Crippen MR) is 179 cm³/mol. The number of nitrogens with zero attached hydrogens (tertiary/aromatic N) is 2. The van der Waals surface area contributed by atoms with Gasteiger partial charge in [0.2, 0.25) is 0 Å². The lowest BCUT2D eigenvalue weighted by Gasteiger charge is -2.41. The van der Waals surface area contributed by atoms with Crippen LogP contribution in [0.1, 0.15) is 52.6 Å². The molecule has 1 amide bonds. The van der Waals surface area contributed by atoms with Gasteiger partial charge in [0.1, 0.15) is 5.75 Å². The fourth-order valence-corrected chi connectivity index (χ4v) is 7.43. The third-order valence-electron chi connectivity index (χ3n) is 9.20. The van der Waals surface area contributed by atoms with E-state index in [4.69, 9.17) is 27.9 Å². The van der Waals surface area contributed by atoms with Crippen LogP contribution in [0.15, 0.2) is 60.2 Å². The van der Waals surface area contributed by atoms with Crippen LogP contribution in [0.25, 0.3) is 5.57 Å². The SMILES string of the molecule is COc1cccc(CN(C(=O)C2=C(c3ccc(CN(C)Cc4c(Cl)cc(C)cc4Cl)cc3)C[C@H]3CNC[C@H]2N3)C2CC2)c1C. The van der Waals surface area contributed by atoms with Crippen molar-refractivity contribution in [2.75, 3.05) is 27.2 Å². The van der Waals surface area contributed by atoms with Crippen LogP contribution in [0.4, 0.5) is 0 Å². The van der Waals surface area contributed by atoms with E-state index in [1.165, 1.54) is 11.1 Å². The maximum atomic E-state index is 14.5. The average Bonchev–Trinajstić information content (AvgIpc) is 3.84. The normalized spacial score (nSPS) is 19.8. The molecule has 6 nitrogen and oxygen atoms in total. The summed E-state index contributed by atoms with van der Waals surface area (Å²) in [5, 5.41) is 8.71. The largest absolute Gasteiger partial charge is 0.496 e. The van der Waals surface area contributed by atoms with Crippen LogP contribution in [0, 0.1) is 13.8 Å². The Morgan fingerprint density at radius 3 is 2.39 bits per heavy atom. The number of methoxy groups -OCH3 is 1. The van der Waals surface area contributed by atoms with E-state index in [2.05, 4.69) is 64.7 Å². The molecule has 2 heterocycles. The summed E-state index contributed by atoms with van der Waals surface area (Å²) < 4.78 is 5.58. The highest BCUT2D eigenvalue weighted by atomic mass is 35.5. The van der Waals surface area contributed by atoms with E-state index in [1.54, 1.807) is 7.11 Å². The second-order valence-corrected chi connectivity index (χ2v) is 13.5. The summed E-state index contributed by atoms with van der Waals surface area (Å²) in [6.07, 6.45) is 2.93. The fourth-order valence-electron chi connectivity index (χ4n) is 6.71. The summed E-state index contributed by atoms with van der Waals surface area (Å²) in [5.74, 6) is 1.01. The first-order valence-electron chi connectivity index (χ1n) is 15.6. The molecule has 3 aromatic rings. The Balaban J connectivity index is 1.26. The summed E-state index contributed by atoms with van der Waals surface area (Å²) >= 11 is 13.0. The number of piperazine rings is 1. The van der Waals surface area contributed by atoms with E-state index >= 15 is 0 Å². The van der Waals surface area contributed by atoms with Gasteiger partial charge in [0.25, 0.3) is 5.91 Å². The number of ether oxygens (including phenoxy) is 1.